The molecule has 0 spiro atoms. The van der Waals surface area contributed by atoms with Gasteiger partial charge in [0, 0.05) is 37.6 Å². The van der Waals surface area contributed by atoms with Crippen molar-refractivity contribution >= 4 is 29.6 Å². The zero-order chi connectivity index (χ0) is 22.1. The summed E-state index contributed by atoms with van der Waals surface area (Å²) in [4.78, 5) is 41.6. The van der Waals surface area contributed by atoms with E-state index in [-0.39, 0.29) is 25.2 Å². The van der Waals surface area contributed by atoms with Gasteiger partial charge in [0.05, 0.1) is 5.60 Å². The number of β-amino-alcohol motifs (C(OH)–C–C–N with tert-alkyl or cyclic N) is 1. The van der Waals surface area contributed by atoms with Gasteiger partial charge in [-0.1, -0.05) is 19.3 Å². The third-order valence-electron chi connectivity index (χ3n) is 5.06. The highest BCUT2D eigenvalue weighted by Gasteiger charge is 2.32. The van der Waals surface area contributed by atoms with Crippen LogP contribution in [-0.2, 0) is 20.8 Å². The molecular formula is C19H29N5O6. The summed E-state index contributed by atoms with van der Waals surface area (Å²) in [6, 6.07) is -1.19. The number of fused-ring (bicyclic) bond motifs is 1. The Bertz CT molecular complexity index is 774. The normalized spacial score (nSPS) is 18.7. The number of hydrogen-bond acceptors (Lipinski definition) is 8. The number of hydrogen-bond donors (Lipinski definition) is 6. The number of amides is 1. The van der Waals surface area contributed by atoms with Gasteiger partial charge in [0.1, 0.15) is 11.9 Å². The fraction of sp³-hybridized carbons (Fsp3) is 0.632. The number of nitrogens with one attached hydrogen (secondary N) is 2. The number of carboxylic acids is 2. The van der Waals surface area contributed by atoms with Crippen molar-refractivity contribution in [3.05, 3.63) is 11.8 Å². The second-order valence-electron chi connectivity index (χ2n) is 7.66. The number of carbonyl (C=O) groups is 3. The highest BCUT2D eigenvalue weighted by molar-refractivity contribution is 5.83. The minimum absolute atomic E-state index is 0.149. The molecule has 2 rings (SSSR count). The molecule has 0 aliphatic carbocycles. The van der Waals surface area contributed by atoms with E-state index in [4.69, 9.17) is 15.9 Å². The number of aromatic nitrogens is 2. The molecule has 0 bridgehead atoms. The van der Waals surface area contributed by atoms with E-state index in [0.29, 0.717) is 31.6 Å². The maximum Gasteiger partial charge on any atom is 0.326 e. The number of nitrogens with two attached hydrogens (primary N) is 1. The van der Waals surface area contributed by atoms with Gasteiger partial charge in [-0.3, -0.25) is 9.59 Å². The lowest BCUT2D eigenvalue weighted by Gasteiger charge is -2.33. The monoisotopic (exact) mass is 423 g/mol. The van der Waals surface area contributed by atoms with Crippen molar-refractivity contribution in [2.75, 3.05) is 17.6 Å². The predicted molar refractivity (Wildman–Crippen MR) is 108 cm³/mol. The fourth-order valence-electron chi connectivity index (χ4n) is 3.43. The SMILES string of the molecule is Nc1ncc2c(n1)NC[C@@](O)(CCCCCCC(=O)N[C@@H](CCC(=O)O)C(=O)O)C2. The van der Waals surface area contributed by atoms with Crippen molar-refractivity contribution in [3.8, 4) is 0 Å². The Labute approximate surface area is 174 Å². The maximum absolute atomic E-state index is 11.9. The Morgan fingerprint density at radius 2 is 1.93 bits per heavy atom. The molecule has 0 fully saturated rings. The van der Waals surface area contributed by atoms with Gasteiger partial charge in [0.2, 0.25) is 11.9 Å². The zero-order valence-electron chi connectivity index (χ0n) is 16.8. The summed E-state index contributed by atoms with van der Waals surface area (Å²) in [5.41, 5.74) is 5.50. The topological polar surface area (TPSA) is 188 Å². The van der Waals surface area contributed by atoms with Crippen molar-refractivity contribution < 1.29 is 29.7 Å². The summed E-state index contributed by atoms with van der Waals surface area (Å²) < 4.78 is 0. The zero-order valence-corrected chi connectivity index (χ0v) is 16.8. The molecule has 0 saturated carbocycles. The van der Waals surface area contributed by atoms with Crippen LogP contribution in [0.3, 0.4) is 0 Å². The molecule has 7 N–H and O–H groups in total. The number of nitrogens with zero attached hydrogens (tertiary/aromatic N) is 2. The molecule has 1 aliphatic rings. The number of anilines is 2. The van der Waals surface area contributed by atoms with Crippen LogP contribution >= 0.6 is 0 Å². The molecule has 1 amide bonds. The third-order valence-corrected chi connectivity index (χ3v) is 5.06. The smallest absolute Gasteiger partial charge is 0.326 e. The largest absolute Gasteiger partial charge is 0.481 e. The van der Waals surface area contributed by atoms with E-state index in [1.807, 2.05) is 0 Å². The van der Waals surface area contributed by atoms with Gasteiger partial charge in [0.15, 0.2) is 0 Å². The van der Waals surface area contributed by atoms with E-state index in [1.54, 1.807) is 6.20 Å². The molecule has 166 valence electrons. The Morgan fingerprint density at radius 3 is 2.63 bits per heavy atom. The van der Waals surface area contributed by atoms with E-state index in [0.717, 1.165) is 24.8 Å². The summed E-state index contributed by atoms with van der Waals surface area (Å²) in [6.45, 7) is 0.381. The Balaban J connectivity index is 1.63. The molecule has 30 heavy (non-hydrogen) atoms. The van der Waals surface area contributed by atoms with Crippen LogP contribution in [-0.4, -0.2) is 61.3 Å². The van der Waals surface area contributed by atoms with Crippen molar-refractivity contribution in [1.29, 1.82) is 0 Å². The summed E-state index contributed by atoms with van der Waals surface area (Å²) in [7, 11) is 0. The third kappa shape index (κ3) is 7.47. The van der Waals surface area contributed by atoms with Gasteiger partial charge >= 0.3 is 11.9 Å². The predicted octanol–water partition coefficient (Wildman–Crippen LogP) is 0.533. The highest BCUT2D eigenvalue weighted by Crippen LogP contribution is 2.29. The quantitative estimate of drug-likeness (QED) is 0.259. The molecule has 0 saturated heterocycles. The van der Waals surface area contributed by atoms with Gasteiger partial charge in [-0.2, -0.15) is 4.98 Å². The van der Waals surface area contributed by atoms with Crippen LogP contribution in [0.1, 0.15) is 56.9 Å². The lowest BCUT2D eigenvalue weighted by molar-refractivity contribution is -0.143. The number of rotatable bonds is 12. The lowest BCUT2D eigenvalue weighted by Crippen LogP contribution is -2.43. The molecule has 11 heteroatoms. The second-order valence-corrected chi connectivity index (χ2v) is 7.66. The van der Waals surface area contributed by atoms with Gasteiger partial charge in [0.25, 0.3) is 0 Å². The van der Waals surface area contributed by atoms with E-state index in [1.165, 1.54) is 0 Å². The summed E-state index contributed by atoms with van der Waals surface area (Å²) in [5, 5.41) is 33.9. The Kier molecular flexibility index (Phi) is 8.34. The molecule has 11 nitrogen and oxygen atoms in total. The first-order chi connectivity index (χ1) is 14.2. The molecule has 0 unspecified atom stereocenters. The van der Waals surface area contributed by atoms with Crippen molar-refractivity contribution in [3.63, 3.8) is 0 Å². The van der Waals surface area contributed by atoms with Crippen LogP contribution in [0.25, 0.3) is 0 Å². The van der Waals surface area contributed by atoms with Crippen molar-refractivity contribution in [1.82, 2.24) is 15.3 Å². The van der Waals surface area contributed by atoms with Crippen LogP contribution in [0.4, 0.5) is 11.8 Å². The Hall–Kier alpha value is -2.95. The number of carbonyl (C=O) groups excluding carboxylic acids is 1. The summed E-state index contributed by atoms with van der Waals surface area (Å²) >= 11 is 0. The molecule has 2 atom stereocenters. The maximum atomic E-state index is 11.9. The minimum atomic E-state index is -1.24. The first kappa shape index (κ1) is 23.3. The number of aliphatic hydroxyl groups is 1. The van der Waals surface area contributed by atoms with E-state index >= 15 is 0 Å². The van der Waals surface area contributed by atoms with E-state index < -0.39 is 29.5 Å². The average molecular weight is 423 g/mol. The lowest BCUT2D eigenvalue weighted by atomic mass is 9.87. The average Bonchev–Trinajstić information content (AvgIpc) is 2.67. The number of carboxylic acid groups (broad SMARTS) is 2. The molecule has 2 heterocycles. The number of aliphatic carboxylic acids is 2. The number of nitrogen functional groups attached to an aromatic ring is 1. The van der Waals surface area contributed by atoms with Gasteiger partial charge < -0.3 is 31.7 Å². The van der Waals surface area contributed by atoms with Crippen LogP contribution < -0.4 is 16.4 Å². The standard InChI is InChI=1S/C19H29N5O6/c20-18-21-10-12-9-19(30,11-22-16(12)24-18)8-4-2-1-3-5-14(25)23-13(17(28)29)6-7-15(26)27/h10,13,30H,1-9,11H2,(H,23,25)(H,26,27)(H,28,29)(H3,20,21,22,24)/t13-,19+/m0/s1. The molecule has 0 radical (unpaired) electrons. The van der Waals surface area contributed by atoms with Crippen LogP contribution in [0.5, 0.6) is 0 Å². The van der Waals surface area contributed by atoms with Crippen LogP contribution in [0, 0.1) is 0 Å². The van der Waals surface area contributed by atoms with Gasteiger partial charge in [-0.15, -0.1) is 0 Å². The second kappa shape index (κ2) is 10.7. The number of unbranched alkanes of at least 4 members (excludes halogenated alkanes) is 3. The molecule has 1 aromatic rings. The molecule has 0 aromatic carbocycles. The molecular weight excluding hydrogens is 394 g/mol. The van der Waals surface area contributed by atoms with Crippen LogP contribution in [0.2, 0.25) is 0 Å². The van der Waals surface area contributed by atoms with Crippen molar-refractivity contribution in [2.45, 2.75) is 69.4 Å². The first-order valence-corrected chi connectivity index (χ1v) is 10.0. The van der Waals surface area contributed by atoms with E-state index in [2.05, 4.69) is 20.6 Å². The van der Waals surface area contributed by atoms with Crippen LogP contribution in [0.15, 0.2) is 6.20 Å². The van der Waals surface area contributed by atoms with Crippen molar-refractivity contribution in [2.24, 2.45) is 0 Å². The molecule has 1 aromatic heterocycles. The fourth-order valence-corrected chi connectivity index (χ4v) is 3.43. The summed E-state index contributed by atoms with van der Waals surface area (Å²) in [6.07, 6.45) is 5.32. The highest BCUT2D eigenvalue weighted by atomic mass is 16.4. The van der Waals surface area contributed by atoms with Gasteiger partial charge in [-0.05, 0) is 19.3 Å². The minimum Gasteiger partial charge on any atom is -0.481 e. The summed E-state index contributed by atoms with van der Waals surface area (Å²) in [5.74, 6) is -1.91. The Morgan fingerprint density at radius 1 is 1.20 bits per heavy atom. The first-order valence-electron chi connectivity index (χ1n) is 10.0. The van der Waals surface area contributed by atoms with E-state index in [9.17, 15) is 19.5 Å². The van der Waals surface area contributed by atoms with Gasteiger partial charge in [-0.25, -0.2) is 9.78 Å². The molecule has 1 aliphatic heterocycles.